The highest BCUT2D eigenvalue weighted by atomic mass is 35.5. The maximum Gasteiger partial charge on any atom is 0.336 e. The molecule has 11 heteroatoms. The first-order valence-corrected chi connectivity index (χ1v) is 12.1. The molecule has 9 nitrogen and oxygen atoms in total. The van der Waals surface area contributed by atoms with Crippen molar-refractivity contribution in [3.63, 3.8) is 0 Å². The van der Waals surface area contributed by atoms with Crippen molar-refractivity contribution in [2.24, 2.45) is 0 Å². The second kappa shape index (κ2) is 11.5. The number of carbonyl (C=O) groups is 2. The van der Waals surface area contributed by atoms with Gasteiger partial charge in [0.05, 0.1) is 55.9 Å². The first-order chi connectivity index (χ1) is 15.1. The second-order valence-electron chi connectivity index (χ2n) is 6.94. The van der Waals surface area contributed by atoms with Gasteiger partial charge in [-0.1, -0.05) is 29.8 Å². The summed E-state index contributed by atoms with van der Waals surface area (Å²) < 4.78 is 40.6. The van der Waals surface area contributed by atoms with Crippen molar-refractivity contribution < 1.29 is 32.2 Å². The summed E-state index contributed by atoms with van der Waals surface area (Å²) in [6.07, 6.45) is 1.05. The average molecular weight is 487 g/mol. The maximum atomic E-state index is 13.0. The fraction of sp³-hybridized carbons (Fsp3) is 0.429. The molecule has 1 aromatic rings. The molecule has 1 aromatic carbocycles. The van der Waals surface area contributed by atoms with Crippen molar-refractivity contribution in [2.45, 2.75) is 19.8 Å². The summed E-state index contributed by atoms with van der Waals surface area (Å²) in [4.78, 5) is 25.7. The number of hydrogen-bond donors (Lipinski definition) is 2. The summed E-state index contributed by atoms with van der Waals surface area (Å²) in [6, 6.07) is 6.89. The molecule has 2 N–H and O–H groups in total. The van der Waals surface area contributed by atoms with Gasteiger partial charge in [-0.2, -0.15) is 0 Å². The van der Waals surface area contributed by atoms with E-state index in [1.54, 1.807) is 38.1 Å². The van der Waals surface area contributed by atoms with Crippen molar-refractivity contribution in [2.75, 3.05) is 39.7 Å². The Balaban J connectivity index is 2.49. The van der Waals surface area contributed by atoms with Crippen molar-refractivity contribution >= 4 is 33.6 Å². The van der Waals surface area contributed by atoms with Crippen LogP contribution < -0.4 is 10.0 Å². The van der Waals surface area contributed by atoms with Gasteiger partial charge < -0.3 is 19.5 Å². The number of allylic oxidation sites excluding steroid dienone is 1. The van der Waals surface area contributed by atoms with Crippen molar-refractivity contribution in [1.82, 2.24) is 10.0 Å². The van der Waals surface area contributed by atoms with Gasteiger partial charge in [0.15, 0.2) is 0 Å². The number of esters is 2. The Morgan fingerprint density at radius 1 is 1.19 bits per heavy atom. The molecule has 2 rings (SSSR count). The van der Waals surface area contributed by atoms with Crippen LogP contribution in [0.1, 0.15) is 25.3 Å². The molecule has 0 radical (unpaired) electrons. The van der Waals surface area contributed by atoms with Gasteiger partial charge in [0.2, 0.25) is 10.0 Å². The molecule has 176 valence electrons. The molecule has 1 unspecified atom stereocenters. The largest absolute Gasteiger partial charge is 0.466 e. The Morgan fingerprint density at radius 3 is 2.47 bits per heavy atom. The Labute approximate surface area is 192 Å². The van der Waals surface area contributed by atoms with E-state index in [0.717, 1.165) is 6.26 Å². The quantitative estimate of drug-likeness (QED) is 0.380. The lowest BCUT2D eigenvalue weighted by Crippen LogP contribution is -2.35. The number of sulfonamides is 1. The minimum Gasteiger partial charge on any atom is -0.466 e. The van der Waals surface area contributed by atoms with Crippen molar-refractivity contribution in [3.05, 3.63) is 57.4 Å². The molecular formula is C21H27ClN2O7S. The van der Waals surface area contributed by atoms with Crippen LogP contribution in [0, 0.1) is 0 Å². The van der Waals surface area contributed by atoms with Crippen LogP contribution in [-0.2, 0) is 33.8 Å². The first kappa shape index (κ1) is 25.9. The van der Waals surface area contributed by atoms with Gasteiger partial charge in [-0.05, 0) is 25.5 Å². The summed E-state index contributed by atoms with van der Waals surface area (Å²) >= 11 is 6.44. The number of methoxy groups -OCH3 is 1. The number of rotatable bonds is 10. The highest BCUT2D eigenvalue weighted by Gasteiger charge is 2.39. The third-order valence-corrected chi connectivity index (χ3v) is 5.69. The monoisotopic (exact) mass is 486 g/mol. The lowest BCUT2D eigenvalue weighted by molar-refractivity contribution is -0.139. The van der Waals surface area contributed by atoms with E-state index >= 15 is 0 Å². The fourth-order valence-corrected chi connectivity index (χ4v) is 4.03. The van der Waals surface area contributed by atoms with E-state index in [0.29, 0.717) is 22.0 Å². The SMILES string of the molecule is CCOC(=O)C1=C(COCCNS(C)(=O)=O)NC(C)=C(C(=O)OC)C1c1ccccc1Cl. The van der Waals surface area contributed by atoms with Crippen LogP contribution in [0.3, 0.4) is 0 Å². The number of dihydropyridines is 1. The van der Waals surface area contributed by atoms with Gasteiger partial charge >= 0.3 is 11.9 Å². The molecule has 0 spiro atoms. The van der Waals surface area contributed by atoms with Crippen LogP contribution >= 0.6 is 11.6 Å². The lowest BCUT2D eigenvalue weighted by atomic mass is 9.80. The van der Waals surface area contributed by atoms with Crippen LogP contribution in [0.25, 0.3) is 0 Å². The molecule has 0 aromatic heterocycles. The number of carbonyl (C=O) groups excluding carboxylic acids is 2. The summed E-state index contributed by atoms with van der Waals surface area (Å²) in [7, 11) is -2.09. The number of ether oxygens (including phenoxy) is 3. The molecule has 0 aliphatic carbocycles. The van der Waals surface area contributed by atoms with Gasteiger partial charge in [-0.15, -0.1) is 0 Å². The smallest absolute Gasteiger partial charge is 0.336 e. The van der Waals surface area contributed by atoms with Crippen LogP contribution in [0.5, 0.6) is 0 Å². The average Bonchev–Trinajstić information content (AvgIpc) is 2.72. The van der Waals surface area contributed by atoms with Gasteiger partial charge in [0, 0.05) is 17.3 Å². The van der Waals surface area contributed by atoms with Gasteiger partial charge in [-0.3, -0.25) is 0 Å². The topological polar surface area (TPSA) is 120 Å². The molecule has 0 bridgehead atoms. The molecule has 1 heterocycles. The third-order valence-electron chi connectivity index (χ3n) is 4.62. The van der Waals surface area contributed by atoms with E-state index in [9.17, 15) is 18.0 Å². The molecule has 1 atom stereocenters. The highest BCUT2D eigenvalue weighted by Crippen LogP contribution is 2.41. The number of nitrogens with one attached hydrogen (secondary N) is 2. The maximum absolute atomic E-state index is 13.0. The highest BCUT2D eigenvalue weighted by molar-refractivity contribution is 7.88. The Morgan fingerprint density at radius 2 is 1.88 bits per heavy atom. The van der Waals surface area contributed by atoms with Gasteiger partial charge in [0.1, 0.15) is 0 Å². The van der Waals surface area contributed by atoms with Crippen LogP contribution in [0.4, 0.5) is 0 Å². The van der Waals surface area contributed by atoms with Crippen molar-refractivity contribution in [3.8, 4) is 0 Å². The normalized spacial score (nSPS) is 16.6. The van der Waals surface area contributed by atoms with Crippen molar-refractivity contribution in [1.29, 1.82) is 0 Å². The predicted molar refractivity (Wildman–Crippen MR) is 119 cm³/mol. The third kappa shape index (κ3) is 6.55. The molecule has 0 saturated heterocycles. The van der Waals surface area contributed by atoms with Gasteiger partial charge in [-0.25, -0.2) is 22.7 Å². The minimum atomic E-state index is -3.34. The van der Waals surface area contributed by atoms with Gasteiger partial charge in [0.25, 0.3) is 0 Å². The molecule has 0 fully saturated rings. The molecule has 32 heavy (non-hydrogen) atoms. The molecule has 0 saturated carbocycles. The van der Waals surface area contributed by atoms with Crippen LogP contribution in [-0.4, -0.2) is 60.1 Å². The number of benzene rings is 1. The van der Waals surface area contributed by atoms with E-state index in [-0.39, 0.29) is 37.5 Å². The fourth-order valence-electron chi connectivity index (χ4n) is 3.33. The summed E-state index contributed by atoms with van der Waals surface area (Å²) in [5, 5.41) is 3.42. The van der Waals surface area contributed by atoms with E-state index in [1.807, 2.05) is 0 Å². The number of halogens is 1. The predicted octanol–water partition coefficient (Wildman–Crippen LogP) is 1.86. The lowest BCUT2D eigenvalue weighted by Gasteiger charge is -2.31. The van der Waals surface area contributed by atoms with Crippen LogP contribution in [0.2, 0.25) is 5.02 Å². The summed E-state index contributed by atoms with van der Waals surface area (Å²) in [5.41, 5.74) is 1.79. The zero-order chi connectivity index (χ0) is 23.9. The summed E-state index contributed by atoms with van der Waals surface area (Å²) in [5.74, 6) is -2.09. The Hall–Kier alpha value is -2.40. The first-order valence-electron chi connectivity index (χ1n) is 9.83. The zero-order valence-corrected chi connectivity index (χ0v) is 19.9. The second-order valence-corrected chi connectivity index (χ2v) is 9.18. The summed E-state index contributed by atoms with van der Waals surface area (Å²) in [6.45, 7) is 3.57. The minimum absolute atomic E-state index is 0.0493. The standard InChI is InChI=1S/C21H27ClN2O7S/c1-5-31-21(26)19-16(12-30-11-10-23-32(4,27)28)24-13(2)17(20(25)29-3)18(19)14-8-6-7-9-15(14)22/h6-9,18,23-24H,5,10-12H2,1-4H3. The molecular weight excluding hydrogens is 460 g/mol. The van der Waals surface area contributed by atoms with Crippen LogP contribution in [0.15, 0.2) is 46.8 Å². The Bertz CT molecular complexity index is 1030. The Kier molecular flexibility index (Phi) is 9.26. The molecule has 1 aliphatic rings. The zero-order valence-electron chi connectivity index (χ0n) is 18.4. The van der Waals surface area contributed by atoms with E-state index < -0.39 is 27.9 Å². The van der Waals surface area contributed by atoms with E-state index in [1.165, 1.54) is 7.11 Å². The number of hydrogen-bond acceptors (Lipinski definition) is 8. The van der Waals surface area contributed by atoms with E-state index in [2.05, 4.69) is 10.0 Å². The van der Waals surface area contributed by atoms with E-state index in [4.69, 9.17) is 25.8 Å². The molecule has 1 aliphatic heterocycles. The molecule has 0 amide bonds.